The molecule has 0 aliphatic carbocycles. The number of carbonyl (C=O) groups excluding carboxylic acids is 1. The Morgan fingerprint density at radius 2 is 2.00 bits per heavy atom. The number of hydrogen-bond donors (Lipinski definition) is 3. The number of nitrogens with zero attached hydrogens (tertiary/aromatic N) is 1. The molecular weight excluding hydrogens is 259 g/mol. The minimum absolute atomic E-state index is 0.139. The summed E-state index contributed by atoms with van der Waals surface area (Å²) in [6.45, 7) is 0. The monoisotopic (exact) mass is 270 g/mol. The van der Waals surface area contributed by atoms with Crippen LogP contribution in [0.1, 0.15) is 15.9 Å². The fourth-order valence-corrected chi connectivity index (χ4v) is 1.76. The highest BCUT2D eigenvalue weighted by Crippen LogP contribution is 2.26. The molecule has 0 bridgehead atoms. The Morgan fingerprint density at radius 1 is 1.25 bits per heavy atom. The highest BCUT2D eigenvalue weighted by molar-refractivity contribution is 6.00. The molecule has 0 saturated carbocycles. The second-order valence-electron chi connectivity index (χ2n) is 4.07. The molecule has 0 fully saturated rings. The lowest BCUT2D eigenvalue weighted by molar-refractivity contribution is 0.100. The van der Waals surface area contributed by atoms with Gasteiger partial charge >= 0.3 is 0 Å². The molecule has 5 nitrogen and oxygen atoms in total. The summed E-state index contributed by atoms with van der Waals surface area (Å²) in [6.07, 6.45) is 0. The Balaban J connectivity index is 2.49. The third-order valence-electron chi connectivity index (χ3n) is 2.70. The van der Waals surface area contributed by atoms with Gasteiger partial charge in [0, 0.05) is 5.69 Å². The lowest BCUT2D eigenvalue weighted by Crippen LogP contribution is -2.14. The van der Waals surface area contributed by atoms with Crippen LogP contribution in [0.2, 0.25) is 0 Å². The van der Waals surface area contributed by atoms with Gasteiger partial charge in [0.1, 0.15) is 17.4 Å². The quantitative estimate of drug-likeness (QED) is 0.743. The van der Waals surface area contributed by atoms with Crippen molar-refractivity contribution in [1.29, 1.82) is 5.26 Å². The lowest BCUT2D eigenvalue weighted by Gasteiger charge is -2.12. The van der Waals surface area contributed by atoms with Crippen molar-refractivity contribution in [2.45, 2.75) is 0 Å². The predicted octanol–water partition coefficient (Wildman–Crippen LogP) is 2.12. The summed E-state index contributed by atoms with van der Waals surface area (Å²) in [6, 6.07) is 10.5. The van der Waals surface area contributed by atoms with E-state index in [0.29, 0.717) is 11.4 Å². The Hall–Kier alpha value is -3.07. The van der Waals surface area contributed by atoms with Gasteiger partial charge < -0.3 is 16.8 Å². The van der Waals surface area contributed by atoms with E-state index in [2.05, 4.69) is 5.32 Å². The first-order chi connectivity index (χ1) is 9.52. The molecule has 1 amide bonds. The van der Waals surface area contributed by atoms with Crippen molar-refractivity contribution < 1.29 is 9.18 Å². The molecule has 0 unspecified atom stereocenters. The first-order valence-electron chi connectivity index (χ1n) is 5.68. The number of nitrogens with one attached hydrogen (secondary N) is 1. The molecule has 0 aliphatic heterocycles. The van der Waals surface area contributed by atoms with Gasteiger partial charge in [-0.05, 0) is 30.3 Å². The van der Waals surface area contributed by atoms with Gasteiger partial charge in [0.05, 0.1) is 16.9 Å². The van der Waals surface area contributed by atoms with E-state index in [-0.39, 0.29) is 16.8 Å². The molecule has 2 aromatic carbocycles. The van der Waals surface area contributed by atoms with Gasteiger partial charge in [-0.15, -0.1) is 0 Å². The van der Waals surface area contributed by atoms with Gasteiger partial charge in [-0.25, -0.2) is 4.39 Å². The largest absolute Gasteiger partial charge is 0.399 e. The number of rotatable bonds is 3. The fourth-order valence-electron chi connectivity index (χ4n) is 1.76. The van der Waals surface area contributed by atoms with Gasteiger partial charge in [-0.2, -0.15) is 5.26 Å². The van der Waals surface area contributed by atoms with Crippen molar-refractivity contribution in [3.63, 3.8) is 0 Å². The molecule has 6 heteroatoms. The van der Waals surface area contributed by atoms with E-state index in [1.165, 1.54) is 24.3 Å². The molecule has 2 rings (SSSR count). The Bertz CT molecular complexity index is 722. The van der Waals surface area contributed by atoms with Crippen LogP contribution in [-0.4, -0.2) is 5.91 Å². The van der Waals surface area contributed by atoms with Crippen LogP contribution in [0, 0.1) is 17.1 Å². The van der Waals surface area contributed by atoms with Crippen molar-refractivity contribution in [1.82, 2.24) is 0 Å². The third-order valence-corrected chi connectivity index (χ3v) is 2.70. The summed E-state index contributed by atoms with van der Waals surface area (Å²) in [7, 11) is 0. The van der Waals surface area contributed by atoms with E-state index >= 15 is 0 Å². The zero-order valence-corrected chi connectivity index (χ0v) is 10.4. The predicted molar refractivity (Wildman–Crippen MR) is 73.8 cm³/mol. The number of benzene rings is 2. The minimum Gasteiger partial charge on any atom is -0.399 e. The number of nitrogen functional groups attached to an aromatic ring is 1. The molecular formula is C14H11FN4O. The topological polar surface area (TPSA) is 105 Å². The maximum atomic E-state index is 13.5. The number of amides is 1. The van der Waals surface area contributed by atoms with Crippen molar-refractivity contribution in [2.75, 3.05) is 11.1 Å². The van der Waals surface area contributed by atoms with Crippen LogP contribution in [0.5, 0.6) is 0 Å². The van der Waals surface area contributed by atoms with Crippen LogP contribution >= 0.6 is 0 Å². The minimum atomic E-state index is -0.672. The Morgan fingerprint density at radius 3 is 2.65 bits per heavy atom. The zero-order valence-electron chi connectivity index (χ0n) is 10.4. The summed E-state index contributed by atoms with van der Waals surface area (Å²) in [4.78, 5) is 11.4. The van der Waals surface area contributed by atoms with Crippen LogP contribution in [0.15, 0.2) is 36.4 Å². The summed E-state index contributed by atoms with van der Waals surface area (Å²) in [5, 5.41) is 11.8. The molecule has 0 spiro atoms. The number of hydrogen-bond acceptors (Lipinski definition) is 4. The SMILES string of the molecule is N#Cc1c(F)cccc1Nc1ccc(N)cc1C(N)=O. The smallest absolute Gasteiger partial charge is 0.250 e. The summed E-state index contributed by atoms with van der Waals surface area (Å²) >= 11 is 0. The van der Waals surface area contributed by atoms with E-state index in [1.54, 1.807) is 18.2 Å². The molecule has 5 N–H and O–H groups in total. The molecule has 0 aromatic heterocycles. The van der Waals surface area contributed by atoms with Gasteiger partial charge in [0.25, 0.3) is 5.91 Å². The number of anilines is 3. The van der Waals surface area contributed by atoms with Crippen LogP contribution in [-0.2, 0) is 0 Å². The van der Waals surface area contributed by atoms with Crippen LogP contribution in [0.4, 0.5) is 21.5 Å². The first kappa shape index (κ1) is 13.4. The number of nitrogens with two attached hydrogens (primary N) is 2. The molecule has 0 aliphatic rings. The Kier molecular flexibility index (Phi) is 3.53. The number of halogens is 1. The number of carbonyl (C=O) groups is 1. The fraction of sp³-hybridized carbons (Fsp3) is 0. The summed E-state index contributed by atoms with van der Waals surface area (Å²) in [5.41, 5.74) is 11.9. The third kappa shape index (κ3) is 2.52. The van der Waals surface area contributed by atoms with Gasteiger partial charge in [0.15, 0.2) is 0 Å². The van der Waals surface area contributed by atoms with Crippen molar-refractivity contribution in [2.24, 2.45) is 5.73 Å². The van der Waals surface area contributed by atoms with E-state index in [0.717, 1.165) is 0 Å². The zero-order chi connectivity index (χ0) is 14.7. The first-order valence-corrected chi connectivity index (χ1v) is 5.68. The maximum Gasteiger partial charge on any atom is 0.250 e. The van der Waals surface area contributed by atoms with Gasteiger partial charge in [-0.1, -0.05) is 6.07 Å². The van der Waals surface area contributed by atoms with Crippen molar-refractivity contribution >= 4 is 23.0 Å². The molecule has 0 radical (unpaired) electrons. The molecule has 100 valence electrons. The molecule has 0 saturated heterocycles. The lowest BCUT2D eigenvalue weighted by atomic mass is 10.1. The second-order valence-corrected chi connectivity index (χ2v) is 4.07. The molecule has 20 heavy (non-hydrogen) atoms. The number of primary amides is 1. The van der Waals surface area contributed by atoms with E-state index < -0.39 is 11.7 Å². The normalized spacial score (nSPS) is 9.80. The highest BCUT2D eigenvalue weighted by Gasteiger charge is 2.12. The summed E-state index contributed by atoms with van der Waals surface area (Å²) in [5.74, 6) is -1.32. The van der Waals surface area contributed by atoms with E-state index in [9.17, 15) is 9.18 Å². The van der Waals surface area contributed by atoms with Gasteiger partial charge in [0.2, 0.25) is 0 Å². The summed E-state index contributed by atoms with van der Waals surface area (Å²) < 4.78 is 13.5. The highest BCUT2D eigenvalue weighted by atomic mass is 19.1. The molecule has 0 heterocycles. The number of nitriles is 1. The van der Waals surface area contributed by atoms with Crippen LogP contribution in [0.25, 0.3) is 0 Å². The van der Waals surface area contributed by atoms with Crippen LogP contribution in [0.3, 0.4) is 0 Å². The molecule has 2 aromatic rings. The van der Waals surface area contributed by atoms with E-state index in [1.807, 2.05) is 0 Å². The van der Waals surface area contributed by atoms with Gasteiger partial charge in [-0.3, -0.25) is 4.79 Å². The van der Waals surface area contributed by atoms with E-state index in [4.69, 9.17) is 16.7 Å². The second kappa shape index (κ2) is 5.28. The van der Waals surface area contributed by atoms with Crippen LogP contribution < -0.4 is 16.8 Å². The van der Waals surface area contributed by atoms with Crippen molar-refractivity contribution in [3.05, 3.63) is 53.3 Å². The maximum absolute atomic E-state index is 13.5. The average Bonchev–Trinajstić information content (AvgIpc) is 2.41. The molecule has 0 atom stereocenters. The standard InChI is InChI=1S/C14H11FN4O/c15-11-2-1-3-12(10(11)7-16)19-13-5-4-8(17)6-9(13)14(18)20/h1-6,19H,17H2,(H2,18,20). The average molecular weight is 270 g/mol. The van der Waals surface area contributed by atoms with Crippen molar-refractivity contribution in [3.8, 4) is 6.07 Å². The Labute approximate surface area is 114 Å².